The van der Waals surface area contributed by atoms with E-state index in [4.69, 9.17) is 25.5 Å². The maximum Gasteiger partial charge on any atom is 0.503 e. The van der Waals surface area contributed by atoms with E-state index >= 15 is 0 Å². The van der Waals surface area contributed by atoms with Crippen molar-refractivity contribution >= 4 is 6.16 Å². The minimum absolute atomic E-state index is 0.619. The van der Waals surface area contributed by atoms with Crippen LogP contribution in [0.3, 0.4) is 0 Å². The van der Waals surface area contributed by atoms with Gasteiger partial charge in [0, 0.05) is 17.8 Å². The first-order chi connectivity index (χ1) is 14.1. The first kappa shape index (κ1) is 20.4. The van der Waals surface area contributed by atoms with Crippen molar-refractivity contribution in [1.82, 2.24) is 9.55 Å². The molecule has 0 spiro atoms. The summed E-state index contributed by atoms with van der Waals surface area (Å²) in [6, 6.07) is 17.9. The van der Waals surface area contributed by atoms with Crippen LogP contribution < -0.4 is 10.5 Å². The van der Waals surface area contributed by atoms with Crippen molar-refractivity contribution in [3.8, 4) is 17.2 Å². The van der Waals surface area contributed by atoms with Gasteiger partial charge in [0.15, 0.2) is 0 Å². The highest BCUT2D eigenvalue weighted by Crippen LogP contribution is 2.49. The largest absolute Gasteiger partial charge is 0.503 e. The minimum Gasteiger partial charge on any atom is -0.457 e. The van der Waals surface area contributed by atoms with Crippen molar-refractivity contribution in [2.24, 2.45) is 11.7 Å². The second-order valence-electron chi connectivity index (χ2n) is 6.93. The molecule has 0 aliphatic heterocycles. The molecule has 0 bridgehead atoms. The zero-order valence-corrected chi connectivity index (χ0v) is 16.0. The summed E-state index contributed by atoms with van der Waals surface area (Å²) in [6.45, 7) is 0.787. The molecule has 2 unspecified atom stereocenters. The van der Waals surface area contributed by atoms with Crippen LogP contribution in [0.25, 0.3) is 5.69 Å². The summed E-state index contributed by atoms with van der Waals surface area (Å²) in [7, 11) is 0. The Kier molecular flexibility index (Phi) is 6.86. The van der Waals surface area contributed by atoms with Crippen LogP contribution in [0.4, 0.5) is 4.79 Å². The molecule has 1 aliphatic rings. The molecule has 7 nitrogen and oxygen atoms in total. The molecule has 4 N–H and O–H groups in total. The smallest absolute Gasteiger partial charge is 0.457 e. The van der Waals surface area contributed by atoms with Crippen LogP contribution in [-0.4, -0.2) is 32.5 Å². The van der Waals surface area contributed by atoms with E-state index in [2.05, 4.69) is 27.9 Å². The van der Waals surface area contributed by atoms with Crippen LogP contribution in [0, 0.1) is 5.92 Å². The van der Waals surface area contributed by atoms with Gasteiger partial charge in [-0.3, -0.25) is 0 Å². The Hall–Kier alpha value is -3.32. The third-order valence-corrected chi connectivity index (χ3v) is 4.80. The van der Waals surface area contributed by atoms with E-state index in [-0.39, 0.29) is 0 Å². The van der Waals surface area contributed by atoms with Gasteiger partial charge >= 0.3 is 6.16 Å². The molecule has 2 aromatic carbocycles. The number of hydrogen-bond acceptors (Lipinski definition) is 4. The van der Waals surface area contributed by atoms with Gasteiger partial charge in [-0.1, -0.05) is 18.2 Å². The summed E-state index contributed by atoms with van der Waals surface area (Å²) >= 11 is 0. The first-order valence-corrected chi connectivity index (χ1v) is 9.56. The lowest BCUT2D eigenvalue weighted by Crippen LogP contribution is -1.98. The Labute approximate surface area is 169 Å². The number of para-hydroxylation sites is 1. The minimum atomic E-state index is -1.83. The van der Waals surface area contributed by atoms with Gasteiger partial charge in [0.2, 0.25) is 0 Å². The second-order valence-corrected chi connectivity index (χ2v) is 6.93. The molecule has 7 heteroatoms. The fourth-order valence-electron chi connectivity index (χ4n) is 3.29. The average Bonchev–Trinajstić information content (AvgIpc) is 3.32. The fourth-order valence-corrected chi connectivity index (χ4v) is 3.29. The number of benzene rings is 2. The number of hydrogen-bond donors (Lipinski definition) is 3. The lowest BCUT2D eigenvalue weighted by molar-refractivity contribution is 0.137. The Morgan fingerprint density at radius 1 is 1.10 bits per heavy atom. The summed E-state index contributed by atoms with van der Waals surface area (Å²) in [5, 5.41) is 13.9. The molecule has 0 saturated heterocycles. The van der Waals surface area contributed by atoms with E-state index < -0.39 is 6.16 Å². The number of nitrogens with zero attached hydrogens (tertiary/aromatic N) is 2. The van der Waals surface area contributed by atoms with E-state index in [1.165, 1.54) is 18.5 Å². The summed E-state index contributed by atoms with van der Waals surface area (Å²) < 4.78 is 7.92. The number of ether oxygens (including phenoxy) is 1. The Balaban J connectivity index is 0.000000552. The zero-order valence-electron chi connectivity index (χ0n) is 16.0. The third-order valence-electron chi connectivity index (χ3n) is 4.80. The molecule has 1 heterocycles. The highest BCUT2D eigenvalue weighted by molar-refractivity contribution is 5.53. The van der Waals surface area contributed by atoms with Crippen LogP contribution in [-0.2, 0) is 0 Å². The molecule has 0 amide bonds. The summed E-state index contributed by atoms with van der Waals surface area (Å²) in [6.07, 6.45) is 5.81. The quantitative estimate of drug-likeness (QED) is 0.533. The lowest BCUT2D eigenvalue weighted by atomic mass is 10.1. The number of carboxylic acid groups (broad SMARTS) is 2. The number of nitrogens with two attached hydrogens (primary N) is 1. The van der Waals surface area contributed by atoms with Crippen molar-refractivity contribution in [3.63, 3.8) is 0 Å². The first-order valence-electron chi connectivity index (χ1n) is 9.56. The molecule has 1 aliphatic carbocycles. The number of aromatic nitrogens is 2. The summed E-state index contributed by atoms with van der Waals surface area (Å²) in [4.78, 5) is 13.2. The van der Waals surface area contributed by atoms with Crippen molar-refractivity contribution in [2.75, 3.05) is 6.54 Å². The van der Waals surface area contributed by atoms with Crippen LogP contribution >= 0.6 is 0 Å². The Morgan fingerprint density at radius 2 is 1.76 bits per heavy atom. The van der Waals surface area contributed by atoms with Crippen molar-refractivity contribution in [3.05, 3.63) is 72.8 Å². The molecule has 1 fully saturated rings. The van der Waals surface area contributed by atoms with E-state index in [9.17, 15) is 0 Å². The van der Waals surface area contributed by atoms with Gasteiger partial charge in [-0.15, -0.1) is 0 Å². The monoisotopic (exact) mass is 395 g/mol. The fraction of sp³-hybridized carbons (Fsp3) is 0.273. The van der Waals surface area contributed by atoms with Gasteiger partial charge in [0.05, 0.1) is 12.0 Å². The molecule has 1 aromatic heterocycles. The van der Waals surface area contributed by atoms with Crippen LogP contribution in [0.2, 0.25) is 0 Å². The molecule has 1 saturated carbocycles. The molecule has 2 atom stereocenters. The standard InChI is InChI=1S/C21H23N3O.CH2O3/c22-12-4-5-16-13-20(16)21-14-24(15-23-21)17-8-10-19(11-9-17)25-18-6-2-1-3-7-18;2-1(3)4/h1-3,6-11,14-16,20H,4-5,12-13,22H2;(H2,2,3,4). The normalized spacial score (nSPS) is 17.1. The predicted molar refractivity (Wildman–Crippen MR) is 110 cm³/mol. The predicted octanol–water partition coefficient (Wildman–Crippen LogP) is 4.73. The van der Waals surface area contributed by atoms with Gasteiger partial charge in [0.25, 0.3) is 0 Å². The Bertz CT molecular complexity index is 905. The molecule has 3 aromatic rings. The van der Waals surface area contributed by atoms with Crippen molar-refractivity contribution in [2.45, 2.75) is 25.2 Å². The zero-order chi connectivity index (χ0) is 20.6. The molecule has 152 valence electrons. The molecule has 29 heavy (non-hydrogen) atoms. The van der Waals surface area contributed by atoms with Gasteiger partial charge < -0.3 is 25.3 Å². The van der Waals surface area contributed by atoms with Gasteiger partial charge in [-0.25, -0.2) is 9.78 Å². The lowest BCUT2D eigenvalue weighted by Gasteiger charge is -2.07. The average molecular weight is 395 g/mol. The molecular weight excluding hydrogens is 370 g/mol. The Morgan fingerprint density at radius 3 is 2.41 bits per heavy atom. The van der Waals surface area contributed by atoms with Crippen LogP contribution in [0.1, 0.15) is 30.9 Å². The van der Waals surface area contributed by atoms with Crippen molar-refractivity contribution in [1.29, 1.82) is 0 Å². The van der Waals surface area contributed by atoms with Gasteiger partial charge in [-0.05, 0) is 68.1 Å². The number of imidazole rings is 1. The summed E-state index contributed by atoms with van der Waals surface area (Å²) in [5.74, 6) is 3.07. The third kappa shape index (κ3) is 6.08. The SMILES string of the molecule is NCCCC1CC1c1cn(-c2ccc(Oc3ccccc3)cc2)cn1.O=C(O)O. The topological polar surface area (TPSA) is 111 Å². The van der Waals surface area contributed by atoms with Crippen molar-refractivity contribution < 1.29 is 19.7 Å². The summed E-state index contributed by atoms with van der Waals surface area (Å²) in [5.41, 5.74) is 7.90. The highest BCUT2D eigenvalue weighted by Gasteiger charge is 2.39. The van der Waals surface area contributed by atoms with Gasteiger partial charge in [-0.2, -0.15) is 0 Å². The number of rotatable bonds is 7. The van der Waals surface area contributed by atoms with E-state index in [0.29, 0.717) is 5.92 Å². The molecule has 0 radical (unpaired) electrons. The molecule has 4 rings (SSSR count). The number of carbonyl (C=O) groups is 1. The van der Waals surface area contributed by atoms with E-state index in [0.717, 1.165) is 36.1 Å². The van der Waals surface area contributed by atoms with Crippen LogP contribution in [0.15, 0.2) is 67.1 Å². The molecular formula is C22H25N3O4. The van der Waals surface area contributed by atoms with E-state index in [1.54, 1.807) is 0 Å². The highest BCUT2D eigenvalue weighted by atomic mass is 16.6. The maximum atomic E-state index is 8.56. The maximum absolute atomic E-state index is 8.56. The van der Waals surface area contributed by atoms with Crippen LogP contribution in [0.5, 0.6) is 11.5 Å². The second kappa shape index (κ2) is 9.75. The van der Waals surface area contributed by atoms with Gasteiger partial charge in [0.1, 0.15) is 11.5 Å². The van der Waals surface area contributed by atoms with E-state index in [1.807, 2.05) is 48.8 Å².